The minimum Gasteiger partial charge on any atom is -0.376 e. The molecular weight excluding hydrogens is 278 g/mol. The van der Waals surface area contributed by atoms with Gasteiger partial charge < -0.3 is 10.2 Å². The molecule has 0 bridgehead atoms. The largest absolute Gasteiger partial charge is 0.376 e. The van der Waals surface area contributed by atoms with E-state index in [0.29, 0.717) is 5.56 Å². The van der Waals surface area contributed by atoms with E-state index in [9.17, 15) is 5.26 Å². The van der Waals surface area contributed by atoms with Crippen molar-refractivity contribution in [1.82, 2.24) is 0 Å². The number of nitrogens with zero attached hydrogens (tertiary/aromatic N) is 2. The van der Waals surface area contributed by atoms with Crippen LogP contribution >= 0.6 is 11.8 Å². The Balaban J connectivity index is 2.41. The van der Waals surface area contributed by atoms with Crippen molar-refractivity contribution >= 4 is 28.8 Å². The topological polar surface area (TPSA) is 39.1 Å². The van der Waals surface area contributed by atoms with Crippen LogP contribution in [-0.2, 0) is 0 Å². The zero-order valence-corrected chi connectivity index (χ0v) is 13.4. The number of benzene rings is 2. The summed E-state index contributed by atoms with van der Waals surface area (Å²) in [7, 11) is 4.02. The summed E-state index contributed by atoms with van der Waals surface area (Å²) < 4.78 is 0. The molecule has 3 nitrogen and oxygen atoms in total. The van der Waals surface area contributed by atoms with Gasteiger partial charge in [0.15, 0.2) is 0 Å². The van der Waals surface area contributed by atoms with Crippen molar-refractivity contribution in [3.63, 3.8) is 0 Å². The van der Waals surface area contributed by atoms with Gasteiger partial charge in [-0.15, -0.1) is 11.8 Å². The zero-order chi connectivity index (χ0) is 15.2. The van der Waals surface area contributed by atoms with E-state index in [1.165, 1.54) is 0 Å². The van der Waals surface area contributed by atoms with Gasteiger partial charge in [0.25, 0.3) is 0 Å². The van der Waals surface area contributed by atoms with Gasteiger partial charge in [0.05, 0.1) is 22.6 Å². The van der Waals surface area contributed by atoms with E-state index < -0.39 is 0 Å². The van der Waals surface area contributed by atoms with Crippen LogP contribution in [0.15, 0.2) is 47.4 Å². The molecule has 0 aliphatic heterocycles. The van der Waals surface area contributed by atoms with Crippen LogP contribution in [0, 0.1) is 11.3 Å². The maximum absolute atomic E-state index is 9.47. The Labute approximate surface area is 130 Å². The van der Waals surface area contributed by atoms with Gasteiger partial charge in [-0.25, -0.2) is 0 Å². The molecule has 0 saturated heterocycles. The average molecular weight is 297 g/mol. The number of hydrogen-bond acceptors (Lipinski definition) is 4. The smallest absolute Gasteiger partial charge is 0.103 e. The zero-order valence-electron chi connectivity index (χ0n) is 12.6. The molecule has 2 aromatic rings. The van der Waals surface area contributed by atoms with Gasteiger partial charge in [-0.2, -0.15) is 5.26 Å². The summed E-state index contributed by atoms with van der Waals surface area (Å²) in [5.74, 6) is 0.951. The number of anilines is 3. The third-order valence-corrected chi connectivity index (χ3v) is 4.03. The van der Waals surface area contributed by atoms with Crippen molar-refractivity contribution in [1.29, 1.82) is 5.26 Å². The molecule has 0 atom stereocenters. The fraction of sp³-hybridized carbons (Fsp3) is 0.235. The Kier molecular flexibility index (Phi) is 5.13. The summed E-state index contributed by atoms with van der Waals surface area (Å²) >= 11 is 1.69. The molecule has 0 fully saturated rings. The van der Waals surface area contributed by atoms with Crippen LogP contribution in [0.3, 0.4) is 0 Å². The summed E-state index contributed by atoms with van der Waals surface area (Å²) in [6, 6.07) is 16.3. The summed E-state index contributed by atoms with van der Waals surface area (Å²) in [6.07, 6.45) is 0. The van der Waals surface area contributed by atoms with E-state index in [0.717, 1.165) is 27.7 Å². The van der Waals surface area contributed by atoms with Crippen molar-refractivity contribution in [3.05, 3.63) is 48.0 Å². The predicted octanol–water partition coefficient (Wildman–Crippen LogP) is 4.48. The molecule has 0 spiro atoms. The Morgan fingerprint density at radius 3 is 2.48 bits per heavy atom. The molecule has 0 heterocycles. The van der Waals surface area contributed by atoms with Crippen molar-refractivity contribution in [2.75, 3.05) is 30.1 Å². The number of para-hydroxylation sites is 2. The third-order valence-electron chi connectivity index (χ3n) is 3.09. The summed E-state index contributed by atoms with van der Waals surface area (Å²) in [5.41, 5.74) is 3.65. The Morgan fingerprint density at radius 2 is 1.81 bits per heavy atom. The second-order valence-corrected chi connectivity index (χ2v) is 6.07. The molecule has 108 valence electrons. The van der Waals surface area contributed by atoms with Crippen molar-refractivity contribution < 1.29 is 0 Å². The normalized spacial score (nSPS) is 10.0. The summed E-state index contributed by atoms with van der Waals surface area (Å²) in [4.78, 5) is 3.08. The molecule has 0 aliphatic rings. The van der Waals surface area contributed by atoms with Crippen LogP contribution in [0.25, 0.3) is 0 Å². The lowest BCUT2D eigenvalue weighted by atomic mass is 10.1. The van der Waals surface area contributed by atoms with Gasteiger partial charge in [-0.05, 0) is 30.0 Å². The number of nitrogens with one attached hydrogen (secondary N) is 1. The predicted molar refractivity (Wildman–Crippen MR) is 91.6 cm³/mol. The maximum atomic E-state index is 9.47. The van der Waals surface area contributed by atoms with E-state index >= 15 is 0 Å². The second-order valence-electron chi connectivity index (χ2n) is 4.76. The van der Waals surface area contributed by atoms with Crippen molar-refractivity contribution in [2.24, 2.45) is 0 Å². The highest BCUT2D eigenvalue weighted by atomic mass is 32.2. The molecular formula is C17H19N3S. The lowest BCUT2D eigenvalue weighted by molar-refractivity contribution is 1.13. The lowest BCUT2D eigenvalue weighted by Gasteiger charge is -2.19. The van der Waals surface area contributed by atoms with Gasteiger partial charge in [-0.3, -0.25) is 0 Å². The molecule has 0 amide bonds. The maximum Gasteiger partial charge on any atom is 0.103 e. The van der Waals surface area contributed by atoms with Crippen LogP contribution in [0.1, 0.15) is 12.5 Å². The molecule has 4 heteroatoms. The second kappa shape index (κ2) is 7.05. The minimum atomic E-state index is 0.706. The minimum absolute atomic E-state index is 0.706. The van der Waals surface area contributed by atoms with E-state index in [-0.39, 0.29) is 0 Å². The van der Waals surface area contributed by atoms with E-state index in [1.54, 1.807) is 11.8 Å². The lowest BCUT2D eigenvalue weighted by Crippen LogP contribution is -2.11. The van der Waals surface area contributed by atoms with E-state index in [2.05, 4.69) is 29.3 Å². The molecule has 0 aliphatic carbocycles. The first-order valence-electron chi connectivity index (χ1n) is 6.86. The number of nitriles is 1. The highest BCUT2D eigenvalue weighted by molar-refractivity contribution is 7.99. The summed E-state index contributed by atoms with van der Waals surface area (Å²) in [5, 5.41) is 12.9. The Morgan fingerprint density at radius 1 is 1.10 bits per heavy atom. The molecule has 0 unspecified atom stereocenters. The van der Waals surface area contributed by atoms with E-state index in [4.69, 9.17) is 0 Å². The van der Waals surface area contributed by atoms with Gasteiger partial charge in [-0.1, -0.05) is 25.1 Å². The van der Waals surface area contributed by atoms with Crippen LogP contribution in [-0.4, -0.2) is 19.8 Å². The number of thioether (sulfide) groups is 1. The first kappa shape index (κ1) is 15.3. The third kappa shape index (κ3) is 3.50. The number of rotatable bonds is 5. The fourth-order valence-corrected chi connectivity index (χ4v) is 2.93. The first-order chi connectivity index (χ1) is 10.2. The highest BCUT2D eigenvalue weighted by Crippen LogP contribution is 2.32. The monoisotopic (exact) mass is 297 g/mol. The molecule has 0 radical (unpaired) electrons. The highest BCUT2D eigenvalue weighted by Gasteiger charge is 2.10. The quantitative estimate of drug-likeness (QED) is 0.826. The van der Waals surface area contributed by atoms with Crippen LogP contribution in [0.4, 0.5) is 17.1 Å². The molecule has 0 aromatic heterocycles. The number of hydrogen-bond donors (Lipinski definition) is 1. The molecule has 2 aromatic carbocycles. The van der Waals surface area contributed by atoms with Crippen molar-refractivity contribution in [2.45, 2.75) is 11.8 Å². The van der Waals surface area contributed by atoms with Crippen LogP contribution < -0.4 is 10.2 Å². The molecule has 0 saturated carbocycles. The average Bonchev–Trinajstić information content (AvgIpc) is 2.48. The van der Waals surface area contributed by atoms with E-state index in [1.807, 2.05) is 50.5 Å². The van der Waals surface area contributed by atoms with Crippen molar-refractivity contribution in [3.8, 4) is 6.07 Å². The van der Waals surface area contributed by atoms with Gasteiger partial charge in [0.1, 0.15) is 6.07 Å². The van der Waals surface area contributed by atoms with Crippen LogP contribution in [0.5, 0.6) is 0 Å². The fourth-order valence-electron chi connectivity index (χ4n) is 2.14. The van der Waals surface area contributed by atoms with Gasteiger partial charge in [0, 0.05) is 19.0 Å². The molecule has 1 N–H and O–H groups in total. The molecule has 21 heavy (non-hydrogen) atoms. The Bertz CT molecular complexity index is 659. The van der Waals surface area contributed by atoms with Gasteiger partial charge in [0.2, 0.25) is 0 Å². The van der Waals surface area contributed by atoms with Gasteiger partial charge >= 0.3 is 0 Å². The summed E-state index contributed by atoms with van der Waals surface area (Å²) in [6.45, 7) is 2.09. The standard InChI is InChI=1S/C17H19N3S/c1-4-21-17-11-7-9-14(13(17)12-18)19-15-8-5-6-10-16(15)20(2)3/h5-11,19H,4H2,1-3H3. The molecule has 2 rings (SSSR count). The SMILES string of the molecule is CCSc1cccc(Nc2ccccc2N(C)C)c1C#N. The first-order valence-corrected chi connectivity index (χ1v) is 7.85. The van der Waals surface area contributed by atoms with Crippen LogP contribution in [0.2, 0.25) is 0 Å². The Hall–Kier alpha value is -2.12.